The van der Waals surface area contributed by atoms with E-state index in [0.717, 1.165) is 19.4 Å². The summed E-state index contributed by atoms with van der Waals surface area (Å²) in [6.45, 7) is 8.68. The van der Waals surface area contributed by atoms with Crippen LogP contribution in [-0.4, -0.2) is 23.7 Å². The fourth-order valence-corrected chi connectivity index (χ4v) is 3.21. The van der Waals surface area contributed by atoms with E-state index >= 15 is 0 Å². The Hall–Kier alpha value is -1.81. The van der Waals surface area contributed by atoms with E-state index in [1.807, 2.05) is 20.8 Å². The smallest absolute Gasteiger partial charge is 0.312 e. The number of esters is 1. The zero-order valence-corrected chi connectivity index (χ0v) is 14.4. The van der Waals surface area contributed by atoms with Crippen LogP contribution in [0.2, 0.25) is 0 Å². The molecule has 1 aromatic carbocycles. The molecule has 0 spiro atoms. The highest BCUT2D eigenvalue weighted by Crippen LogP contribution is 2.28. The molecule has 0 saturated carbocycles. The molecule has 4 heteroatoms. The molecule has 1 aromatic heterocycles. The Morgan fingerprint density at radius 3 is 2.78 bits per heavy atom. The molecule has 0 amide bonds. The lowest BCUT2D eigenvalue weighted by molar-refractivity contribution is -0.159. The number of carbonyl (C=O) groups excluding carboxylic acids is 1. The van der Waals surface area contributed by atoms with Crippen molar-refractivity contribution in [2.45, 2.75) is 46.8 Å². The van der Waals surface area contributed by atoms with Gasteiger partial charge in [0, 0.05) is 29.6 Å². The number of aryl methyl sites for hydroxylation is 1. The molecule has 0 radical (unpaired) electrons. The number of rotatable bonds is 3. The fourth-order valence-electron chi connectivity index (χ4n) is 3.21. The van der Waals surface area contributed by atoms with E-state index in [0.29, 0.717) is 5.92 Å². The monoisotopic (exact) mass is 314 g/mol. The highest BCUT2D eigenvalue weighted by Gasteiger charge is 2.31. The van der Waals surface area contributed by atoms with Crippen molar-refractivity contribution in [3.63, 3.8) is 0 Å². The number of nitrogens with one attached hydrogen (secondary N) is 2. The molecule has 1 fully saturated rings. The largest absolute Gasteiger partial charge is 0.446 e. The van der Waals surface area contributed by atoms with Crippen LogP contribution < -0.4 is 5.32 Å². The number of fused-ring (bicyclic) bond motifs is 1. The molecule has 0 aliphatic carbocycles. The van der Waals surface area contributed by atoms with Crippen molar-refractivity contribution in [2.24, 2.45) is 11.3 Å². The van der Waals surface area contributed by atoms with Gasteiger partial charge in [-0.05, 0) is 51.7 Å². The first-order valence-corrected chi connectivity index (χ1v) is 8.35. The summed E-state index contributed by atoms with van der Waals surface area (Å²) in [6, 6.07) is 8.43. The minimum absolute atomic E-state index is 0.140. The number of carbonyl (C=O) groups is 1. The van der Waals surface area contributed by atoms with Gasteiger partial charge < -0.3 is 9.72 Å². The lowest BCUT2D eigenvalue weighted by atomic mass is 9.96. The molecule has 0 bridgehead atoms. The summed E-state index contributed by atoms with van der Waals surface area (Å²) >= 11 is 0. The number of benzene rings is 1. The van der Waals surface area contributed by atoms with Gasteiger partial charge in [-0.1, -0.05) is 18.2 Å². The minimum atomic E-state index is -0.451. The van der Waals surface area contributed by atoms with Crippen molar-refractivity contribution in [3.8, 4) is 0 Å². The quantitative estimate of drug-likeness (QED) is 0.852. The zero-order chi connectivity index (χ0) is 16.6. The van der Waals surface area contributed by atoms with Crippen molar-refractivity contribution < 1.29 is 9.53 Å². The van der Waals surface area contributed by atoms with E-state index in [9.17, 15) is 4.79 Å². The zero-order valence-electron chi connectivity index (χ0n) is 14.4. The lowest BCUT2D eigenvalue weighted by Gasteiger charge is -2.20. The molecule has 1 aliphatic heterocycles. The van der Waals surface area contributed by atoms with Crippen LogP contribution in [0.5, 0.6) is 0 Å². The predicted molar refractivity (Wildman–Crippen MR) is 92.2 cm³/mol. The summed E-state index contributed by atoms with van der Waals surface area (Å²) in [7, 11) is 0. The average molecular weight is 314 g/mol. The Labute approximate surface area is 137 Å². The van der Waals surface area contributed by atoms with Gasteiger partial charge in [0.15, 0.2) is 6.23 Å². The first-order chi connectivity index (χ1) is 10.8. The highest BCUT2D eigenvalue weighted by atomic mass is 16.6. The van der Waals surface area contributed by atoms with Crippen LogP contribution in [0.25, 0.3) is 10.9 Å². The first-order valence-electron chi connectivity index (χ1n) is 8.35. The molecule has 4 nitrogen and oxygen atoms in total. The maximum absolute atomic E-state index is 12.0. The molecule has 124 valence electrons. The van der Waals surface area contributed by atoms with Crippen molar-refractivity contribution in [1.82, 2.24) is 10.3 Å². The first kappa shape index (κ1) is 16.1. The maximum Gasteiger partial charge on any atom is 0.312 e. The van der Waals surface area contributed by atoms with Crippen LogP contribution in [-0.2, 0) is 16.0 Å². The summed E-state index contributed by atoms with van der Waals surface area (Å²) in [4.78, 5) is 15.5. The Morgan fingerprint density at radius 1 is 1.30 bits per heavy atom. The standard InChI is InChI=1S/C19H26N2O2/c1-12-15(14-7-5-6-8-16(14)21-12)9-13-10-17(20-11-13)23-18(22)19(2,3)4/h5-8,13,17,20-21H,9-11H2,1-4H3. The second-order valence-electron chi connectivity index (χ2n) is 7.63. The summed E-state index contributed by atoms with van der Waals surface area (Å²) < 4.78 is 5.59. The summed E-state index contributed by atoms with van der Waals surface area (Å²) in [5, 5.41) is 4.64. The van der Waals surface area contributed by atoms with Crippen molar-refractivity contribution >= 4 is 16.9 Å². The molecule has 1 saturated heterocycles. The topological polar surface area (TPSA) is 54.1 Å². The molecule has 2 atom stereocenters. The minimum Gasteiger partial charge on any atom is -0.446 e. The maximum atomic E-state index is 12.0. The second-order valence-corrected chi connectivity index (χ2v) is 7.63. The molecule has 1 aliphatic rings. The molecular weight excluding hydrogens is 288 g/mol. The van der Waals surface area contributed by atoms with Crippen molar-refractivity contribution in [2.75, 3.05) is 6.54 Å². The Balaban J connectivity index is 1.66. The third kappa shape index (κ3) is 3.42. The number of para-hydroxylation sites is 1. The number of H-pyrrole nitrogens is 1. The molecule has 2 aromatic rings. The van der Waals surface area contributed by atoms with Crippen LogP contribution in [0, 0.1) is 18.3 Å². The molecular formula is C19H26N2O2. The van der Waals surface area contributed by atoms with Gasteiger partial charge >= 0.3 is 5.97 Å². The summed E-state index contributed by atoms with van der Waals surface area (Å²) in [5.74, 6) is 0.351. The Kier molecular flexibility index (Phi) is 4.19. The normalized spacial score (nSPS) is 21.7. The van der Waals surface area contributed by atoms with Crippen LogP contribution in [0.4, 0.5) is 0 Å². The number of hydrogen-bond acceptors (Lipinski definition) is 3. The highest BCUT2D eigenvalue weighted by molar-refractivity contribution is 5.84. The Bertz CT molecular complexity index is 712. The van der Waals surface area contributed by atoms with Gasteiger partial charge in [0.05, 0.1) is 5.41 Å². The van der Waals surface area contributed by atoms with E-state index in [2.05, 4.69) is 41.5 Å². The average Bonchev–Trinajstić information content (AvgIpc) is 3.04. The van der Waals surface area contributed by atoms with E-state index < -0.39 is 5.41 Å². The number of aromatic amines is 1. The van der Waals surface area contributed by atoms with E-state index in [4.69, 9.17) is 4.74 Å². The van der Waals surface area contributed by atoms with Crippen LogP contribution in [0.3, 0.4) is 0 Å². The van der Waals surface area contributed by atoms with Crippen LogP contribution in [0.15, 0.2) is 24.3 Å². The number of ether oxygens (including phenoxy) is 1. The summed E-state index contributed by atoms with van der Waals surface area (Å²) in [5.41, 5.74) is 3.37. The van der Waals surface area contributed by atoms with E-state index in [-0.39, 0.29) is 12.2 Å². The van der Waals surface area contributed by atoms with Gasteiger partial charge in [0.25, 0.3) is 0 Å². The third-order valence-electron chi connectivity index (χ3n) is 4.56. The van der Waals surface area contributed by atoms with Gasteiger partial charge in [-0.3, -0.25) is 10.1 Å². The van der Waals surface area contributed by atoms with Crippen LogP contribution in [0.1, 0.15) is 38.4 Å². The molecule has 23 heavy (non-hydrogen) atoms. The molecule has 3 rings (SSSR count). The molecule has 2 unspecified atom stereocenters. The van der Waals surface area contributed by atoms with Gasteiger partial charge in [-0.2, -0.15) is 0 Å². The number of hydrogen-bond donors (Lipinski definition) is 2. The van der Waals surface area contributed by atoms with Crippen molar-refractivity contribution in [3.05, 3.63) is 35.5 Å². The van der Waals surface area contributed by atoms with Gasteiger partial charge in [-0.25, -0.2) is 0 Å². The Morgan fingerprint density at radius 2 is 2.04 bits per heavy atom. The van der Waals surface area contributed by atoms with E-state index in [1.165, 1.54) is 22.2 Å². The molecule has 2 heterocycles. The molecule has 2 N–H and O–H groups in total. The predicted octanol–water partition coefficient (Wildman–Crippen LogP) is 3.54. The van der Waals surface area contributed by atoms with Gasteiger partial charge in [0.1, 0.15) is 0 Å². The van der Waals surface area contributed by atoms with Crippen molar-refractivity contribution in [1.29, 1.82) is 0 Å². The fraction of sp³-hybridized carbons (Fsp3) is 0.526. The van der Waals surface area contributed by atoms with E-state index in [1.54, 1.807) is 0 Å². The van der Waals surface area contributed by atoms with Gasteiger partial charge in [-0.15, -0.1) is 0 Å². The summed E-state index contributed by atoms with van der Waals surface area (Å²) in [6.07, 6.45) is 1.73. The second kappa shape index (κ2) is 6.00. The SMILES string of the molecule is Cc1[nH]c2ccccc2c1CC1CNC(OC(=O)C(C)(C)C)C1. The number of aromatic nitrogens is 1. The third-order valence-corrected chi connectivity index (χ3v) is 4.56. The van der Waals surface area contributed by atoms with Crippen LogP contribution >= 0.6 is 0 Å². The van der Waals surface area contributed by atoms with Gasteiger partial charge in [0.2, 0.25) is 0 Å². The lowest BCUT2D eigenvalue weighted by Crippen LogP contribution is -2.33.